The molecule has 340 valence electrons. The number of nitrogens with zero attached hydrogens (tertiary/aromatic N) is 1. The van der Waals surface area contributed by atoms with Gasteiger partial charge in [0.05, 0.1) is 24.8 Å². The van der Waals surface area contributed by atoms with Gasteiger partial charge in [-0.25, -0.2) is 0 Å². The van der Waals surface area contributed by atoms with Crippen LogP contribution >= 0.6 is 0 Å². The molecule has 0 aliphatic carbocycles. The van der Waals surface area contributed by atoms with Gasteiger partial charge >= 0.3 is 0 Å². The Morgan fingerprint density at radius 1 is 0.733 bits per heavy atom. The number of carbonyl (C=O) groups is 6. The topological polar surface area (TPSA) is 253 Å². The maximum atomic E-state index is 14.0. The van der Waals surface area contributed by atoms with E-state index >= 15 is 0 Å². The van der Waals surface area contributed by atoms with E-state index in [1.165, 1.54) is 58.8 Å². The first kappa shape index (κ1) is 53.8. The minimum absolute atomic E-state index is 0.0876. The predicted molar refractivity (Wildman–Crippen MR) is 234 cm³/mol. The van der Waals surface area contributed by atoms with Crippen LogP contribution in [-0.2, 0) is 39.9 Å². The summed E-state index contributed by atoms with van der Waals surface area (Å²) in [6.07, 6.45) is 10.2. The van der Waals surface area contributed by atoms with Crippen molar-refractivity contribution in [2.45, 2.75) is 162 Å². The number of ether oxygens (including phenoxy) is 1. The minimum Gasteiger partial charge on any atom is -0.396 e. The largest absolute Gasteiger partial charge is 0.396 e. The van der Waals surface area contributed by atoms with E-state index in [0.29, 0.717) is 26.1 Å². The lowest BCUT2D eigenvalue weighted by Gasteiger charge is -2.28. The van der Waals surface area contributed by atoms with Gasteiger partial charge in [-0.2, -0.15) is 0 Å². The zero-order valence-electron chi connectivity index (χ0n) is 36.9. The van der Waals surface area contributed by atoms with E-state index in [1.54, 1.807) is 26.0 Å². The molecule has 60 heavy (non-hydrogen) atoms. The van der Waals surface area contributed by atoms with Crippen LogP contribution in [0.2, 0.25) is 0 Å². The minimum atomic E-state index is -1.33. The summed E-state index contributed by atoms with van der Waals surface area (Å²) in [5.74, 6) is -5.52. The molecule has 1 aromatic rings. The molecule has 0 saturated carbocycles. The number of aliphatic imine (C=N–C) groups is 1. The first-order valence-electron chi connectivity index (χ1n) is 22.0. The maximum Gasteiger partial charge on any atom is 0.245 e. The molecule has 0 radical (unpaired) electrons. The molecule has 0 aliphatic rings. The van der Waals surface area contributed by atoms with Crippen molar-refractivity contribution in [3.8, 4) is 0 Å². The summed E-state index contributed by atoms with van der Waals surface area (Å²) < 4.78 is 5.70. The number of amides is 3. The van der Waals surface area contributed by atoms with E-state index in [-0.39, 0.29) is 50.4 Å². The number of ketones is 3. The molecule has 1 aromatic carbocycles. The van der Waals surface area contributed by atoms with Gasteiger partial charge in [-0.3, -0.25) is 33.8 Å². The summed E-state index contributed by atoms with van der Waals surface area (Å²) in [6.45, 7) is 9.01. The standard InChI is InChI=1S/C45H76N6O9/c1-6-7-8-9-10-11-12-13-17-25-60-26-19-23-40(57)50-42(33(5)54)44(59)51-41(31(2)3)39(56)28-35(27-34-20-15-14-16-21-34)43(58)49-37(22-18-24-48-45(46)47)38(55)29-36(30-52)32(4)53/h14-16,20-21,31,33,35-37,41-42,52,54H,6-13,17-19,22-30H2,1-5H3,(H,49,58)(H,50,57)(H,51,59)(H4,46,47,48)/t33-,35-,36+,37+,41+,42+/m1/s1. The van der Waals surface area contributed by atoms with Crippen molar-refractivity contribution in [2.75, 3.05) is 26.4 Å². The molecule has 3 amide bonds. The number of unbranched alkanes of at least 4 members (excludes halogenated alkanes) is 8. The van der Waals surface area contributed by atoms with Crippen LogP contribution in [-0.4, -0.2) is 102 Å². The molecule has 0 unspecified atom stereocenters. The van der Waals surface area contributed by atoms with E-state index in [2.05, 4.69) is 27.9 Å². The van der Waals surface area contributed by atoms with E-state index in [9.17, 15) is 39.0 Å². The molecular weight excluding hydrogens is 769 g/mol. The summed E-state index contributed by atoms with van der Waals surface area (Å²) in [5.41, 5.74) is 11.6. The summed E-state index contributed by atoms with van der Waals surface area (Å²) in [6, 6.07) is 5.56. The SMILES string of the molecule is CCCCCCCCCCCOCCCC(=O)N[C@H](C(=O)N[C@H](C(=O)C[C@@H](Cc1ccccc1)C(=O)N[C@@H](CCCN=C(N)N)C(=O)C[C@@H](CO)C(C)=O)C(C)C)[C@@H](C)O. The molecule has 0 fully saturated rings. The van der Waals surface area contributed by atoms with Crippen LogP contribution in [0, 0.1) is 17.8 Å². The van der Waals surface area contributed by atoms with Crippen molar-refractivity contribution in [3.05, 3.63) is 35.9 Å². The molecular formula is C45H76N6O9. The van der Waals surface area contributed by atoms with Gasteiger partial charge in [0.1, 0.15) is 11.8 Å². The van der Waals surface area contributed by atoms with Gasteiger partial charge in [0.15, 0.2) is 17.5 Å². The third-order valence-corrected chi connectivity index (χ3v) is 10.5. The van der Waals surface area contributed by atoms with Crippen molar-refractivity contribution in [1.29, 1.82) is 0 Å². The highest BCUT2D eigenvalue weighted by Crippen LogP contribution is 2.19. The van der Waals surface area contributed by atoms with Crippen LogP contribution in [0.15, 0.2) is 35.3 Å². The van der Waals surface area contributed by atoms with Crippen LogP contribution in [0.4, 0.5) is 0 Å². The number of guanidine groups is 1. The molecule has 0 spiro atoms. The molecule has 0 heterocycles. The maximum absolute atomic E-state index is 14.0. The number of nitrogens with one attached hydrogen (secondary N) is 3. The van der Waals surface area contributed by atoms with Crippen molar-refractivity contribution in [3.63, 3.8) is 0 Å². The fourth-order valence-electron chi connectivity index (χ4n) is 6.82. The Labute approximate surface area is 358 Å². The van der Waals surface area contributed by atoms with Gasteiger partial charge in [-0.15, -0.1) is 0 Å². The van der Waals surface area contributed by atoms with Gasteiger partial charge < -0.3 is 42.4 Å². The Kier molecular flexibility index (Phi) is 28.4. The lowest BCUT2D eigenvalue weighted by molar-refractivity contribution is -0.136. The molecule has 15 heteroatoms. The first-order valence-corrected chi connectivity index (χ1v) is 22.0. The van der Waals surface area contributed by atoms with Gasteiger partial charge in [0, 0.05) is 50.9 Å². The van der Waals surface area contributed by atoms with Crippen LogP contribution in [0.3, 0.4) is 0 Å². The zero-order chi connectivity index (χ0) is 44.9. The number of rotatable bonds is 35. The van der Waals surface area contributed by atoms with E-state index < -0.39 is 77.9 Å². The predicted octanol–water partition coefficient (Wildman–Crippen LogP) is 3.83. The molecule has 0 saturated heterocycles. The second-order valence-corrected chi connectivity index (χ2v) is 16.3. The number of hydrogen-bond donors (Lipinski definition) is 7. The van der Waals surface area contributed by atoms with Gasteiger partial charge in [0.2, 0.25) is 17.7 Å². The smallest absolute Gasteiger partial charge is 0.245 e. The van der Waals surface area contributed by atoms with Crippen molar-refractivity contribution >= 4 is 41.0 Å². The average molecular weight is 845 g/mol. The molecule has 15 nitrogen and oxygen atoms in total. The number of benzene rings is 1. The highest BCUT2D eigenvalue weighted by molar-refractivity contribution is 5.96. The number of aliphatic hydroxyl groups excluding tert-OH is 2. The number of carbonyl (C=O) groups excluding carboxylic acids is 6. The number of nitrogens with two attached hydrogens (primary N) is 2. The Hall–Kier alpha value is -4.21. The summed E-state index contributed by atoms with van der Waals surface area (Å²) in [7, 11) is 0. The van der Waals surface area contributed by atoms with Crippen molar-refractivity contribution in [1.82, 2.24) is 16.0 Å². The highest BCUT2D eigenvalue weighted by Gasteiger charge is 2.34. The Balaban J connectivity index is 2.97. The van der Waals surface area contributed by atoms with Crippen molar-refractivity contribution < 1.29 is 43.7 Å². The molecule has 0 bridgehead atoms. The quantitative estimate of drug-likeness (QED) is 0.0294. The average Bonchev–Trinajstić information content (AvgIpc) is 3.20. The normalized spacial score (nSPS) is 14.3. The highest BCUT2D eigenvalue weighted by atomic mass is 16.5. The van der Waals surface area contributed by atoms with E-state index in [4.69, 9.17) is 16.2 Å². The summed E-state index contributed by atoms with van der Waals surface area (Å²) in [5, 5.41) is 28.3. The number of aliphatic hydroxyl groups is 2. The first-order chi connectivity index (χ1) is 28.6. The van der Waals surface area contributed by atoms with Gasteiger partial charge in [-0.1, -0.05) is 102 Å². The van der Waals surface area contributed by atoms with Gasteiger partial charge in [0.25, 0.3) is 0 Å². The van der Waals surface area contributed by atoms with Gasteiger partial charge in [-0.05, 0) is 57.4 Å². The molecule has 0 aromatic heterocycles. The number of Topliss-reactive ketones (excluding diaryl/α,β-unsaturated/α-hetero) is 3. The number of hydrogen-bond acceptors (Lipinski definition) is 10. The second kappa shape index (κ2) is 31.6. The monoisotopic (exact) mass is 845 g/mol. The molecule has 9 N–H and O–H groups in total. The van der Waals surface area contributed by atoms with Crippen LogP contribution in [0.25, 0.3) is 0 Å². The van der Waals surface area contributed by atoms with Crippen molar-refractivity contribution in [2.24, 2.45) is 34.2 Å². The lowest BCUT2D eigenvalue weighted by atomic mass is 9.87. The molecule has 6 atom stereocenters. The second-order valence-electron chi connectivity index (χ2n) is 16.3. The van der Waals surface area contributed by atoms with E-state index in [1.807, 2.05) is 18.2 Å². The molecule has 1 rings (SSSR count). The fraction of sp³-hybridized carbons (Fsp3) is 0.711. The van der Waals surface area contributed by atoms with Crippen LogP contribution < -0.4 is 27.4 Å². The third-order valence-electron chi connectivity index (χ3n) is 10.5. The third kappa shape index (κ3) is 23.5. The summed E-state index contributed by atoms with van der Waals surface area (Å²) >= 11 is 0. The Bertz CT molecular complexity index is 1450. The van der Waals surface area contributed by atoms with E-state index in [0.717, 1.165) is 18.4 Å². The summed E-state index contributed by atoms with van der Waals surface area (Å²) in [4.78, 5) is 83.8. The zero-order valence-corrected chi connectivity index (χ0v) is 36.9. The Morgan fingerprint density at radius 2 is 1.33 bits per heavy atom. The lowest BCUT2D eigenvalue weighted by Crippen LogP contribution is -2.57. The molecule has 0 aliphatic heterocycles. The Morgan fingerprint density at radius 3 is 1.90 bits per heavy atom. The van der Waals surface area contributed by atoms with Crippen LogP contribution in [0.1, 0.15) is 136 Å². The van der Waals surface area contributed by atoms with Crippen LogP contribution in [0.5, 0.6) is 0 Å². The fourth-order valence-corrected chi connectivity index (χ4v) is 6.82.